The van der Waals surface area contributed by atoms with Crippen molar-refractivity contribution in [1.82, 2.24) is 10.2 Å². The Morgan fingerprint density at radius 2 is 2.12 bits per heavy atom. The Morgan fingerprint density at radius 1 is 1.27 bits per heavy atom. The lowest BCUT2D eigenvalue weighted by Crippen LogP contribution is -2.12. The Bertz CT molecular complexity index is 888. The quantitative estimate of drug-likeness (QED) is 0.647. The number of aromatic amines is 1. The summed E-state index contributed by atoms with van der Waals surface area (Å²) in [4.78, 5) is 13.2. The number of amides is 1. The zero-order valence-electron chi connectivity index (χ0n) is 15.0. The van der Waals surface area contributed by atoms with Crippen LogP contribution >= 0.6 is 11.3 Å². The number of benzene rings is 1. The van der Waals surface area contributed by atoms with Gasteiger partial charge in [0, 0.05) is 11.6 Å². The van der Waals surface area contributed by atoms with Crippen molar-refractivity contribution in [1.29, 1.82) is 0 Å². The van der Waals surface area contributed by atoms with Crippen LogP contribution in [0, 0.1) is 0 Å². The second-order valence-electron chi connectivity index (χ2n) is 5.67. The third-order valence-corrected chi connectivity index (χ3v) is 4.86. The maximum atomic E-state index is 12.6. The lowest BCUT2D eigenvalue weighted by atomic mass is 10.1. The van der Waals surface area contributed by atoms with Gasteiger partial charge in [0.2, 0.25) is 0 Å². The monoisotopic (exact) mass is 371 g/mol. The van der Waals surface area contributed by atoms with E-state index in [9.17, 15) is 4.79 Å². The zero-order valence-corrected chi connectivity index (χ0v) is 15.8. The highest BCUT2D eigenvalue weighted by atomic mass is 32.1. The van der Waals surface area contributed by atoms with E-state index in [1.807, 2.05) is 23.6 Å². The summed E-state index contributed by atoms with van der Waals surface area (Å²) in [7, 11) is 3.21. The predicted octanol–water partition coefficient (Wildman–Crippen LogP) is 4.36. The number of rotatable bonds is 7. The summed E-state index contributed by atoms with van der Waals surface area (Å²) in [5.41, 5.74) is 3.02. The van der Waals surface area contributed by atoms with E-state index in [0.717, 1.165) is 24.1 Å². The Balaban J connectivity index is 2.04. The first-order chi connectivity index (χ1) is 12.7. The molecule has 26 heavy (non-hydrogen) atoms. The average molecular weight is 371 g/mol. The molecule has 0 fully saturated rings. The number of H-pyrrole nitrogens is 1. The number of hydrogen-bond acceptors (Lipinski definition) is 5. The van der Waals surface area contributed by atoms with Crippen LogP contribution in [-0.4, -0.2) is 30.3 Å². The molecule has 0 aliphatic heterocycles. The molecule has 2 aromatic heterocycles. The first-order valence-electron chi connectivity index (χ1n) is 8.32. The highest BCUT2D eigenvalue weighted by Crippen LogP contribution is 2.38. The smallest absolute Gasteiger partial charge is 0.265 e. The predicted molar refractivity (Wildman–Crippen MR) is 103 cm³/mol. The third-order valence-electron chi connectivity index (χ3n) is 3.99. The van der Waals surface area contributed by atoms with Crippen molar-refractivity contribution >= 4 is 22.9 Å². The lowest BCUT2D eigenvalue weighted by Gasteiger charge is -2.11. The van der Waals surface area contributed by atoms with Gasteiger partial charge < -0.3 is 14.8 Å². The highest BCUT2D eigenvalue weighted by molar-refractivity contribution is 7.12. The Hall–Kier alpha value is -2.80. The van der Waals surface area contributed by atoms with Gasteiger partial charge in [0.15, 0.2) is 0 Å². The van der Waals surface area contributed by atoms with Crippen LogP contribution in [-0.2, 0) is 6.42 Å². The van der Waals surface area contributed by atoms with Crippen molar-refractivity contribution in [2.45, 2.75) is 19.8 Å². The topological polar surface area (TPSA) is 76.2 Å². The lowest BCUT2D eigenvalue weighted by molar-refractivity contribution is 0.103. The molecule has 0 unspecified atom stereocenters. The first-order valence-corrected chi connectivity index (χ1v) is 9.20. The van der Waals surface area contributed by atoms with Crippen LogP contribution in [0.5, 0.6) is 11.5 Å². The van der Waals surface area contributed by atoms with Crippen molar-refractivity contribution in [3.05, 3.63) is 46.3 Å². The fourth-order valence-corrected chi connectivity index (χ4v) is 3.33. The van der Waals surface area contributed by atoms with Gasteiger partial charge in [-0.3, -0.25) is 9.89 Å². The number of nitrogens with zero attached hydrogens (tertiary/aromatic N) is 1. The summed E-state index contributed by atoms with van der Waals surface area (Å²) < 4.78 is 10.8. The molecule has 6 nitrogen and oxygen atoms in total. The fourth-order valence-electron chi connectivity index (χ4n) is 2.72. The molecular weight excluding hydrogens is 350 g/mol. The van der Waals surface area contributed by atoms with E-state index in [-0.39, 0.29) is 5.91 Å². The molecular formula is C19H21N3O3S. The molecule has 0 radical (unpaired) electrons. The van der Waals surface area contributed by atoms with E-state index in [2.05, 4.69) is 22.4 Å². The molecule has 0 saturated heterocycles. The van der Waals surface area contributed by atoms with Gasteiger partial charge in [-0.1, -0.05) is 19.4 Å². The van der Waals surface area contributed by atoms with Crippen LogP contribution in [0.15, 0.2) is 35.7 Å². The van der Waals surface area contributed by atoms with Crippen molar-refractivity contribution in [3.63, 3.8) is 0 Å². The first kappa shape index (κ1) is 18.0. The normalized spacial score (nSPS) is 10.6. The minimum absolute atomic E-state index is 0.146. The number of anilines is 1. The summed E-state index contributed by atoms with van der Waals surface area (Å²) in [6.45, 7) is 2.08. The van der Waals surface area contributed by atoms with Gasteiger partial charge in [0.05, 0.1) is 30.5 Å². The average Bonchev–Trinajstić information content (AvgIpc) is 3.32. The van der Waals surface area contributed by atoms with E-state index in [1.165, 1.54) is 11.3 Å². The van der Waals surface area contributed by atoms with E-state index < -0.39 is 0 Å². The molecule has 0 bridgehead atoms. The number of carbonyl (C=O) groups is 1. The molecule has 1 amide bonds. The summed E-state index contributed by atoms with van der Waals surface area (Å²) in [6.07, 6.45) is 1.72. The molecule has 1 aromatic carbocycles. The standard InChI is InChI=1S/C19H21N3O3S/c1-4-6-14-18(20-19(23)16-7-5-10-26-16)17(22-21-14)13-9-8-12(24-2)11-15(13)25-3/h5,7-11H,4,6H2,1-3H3,(H,20,23)(H,21,22). The van der Waals surface area contributed by atoms with Crippen molar-refractivity contribution in [3.8, 4) is 22.8 Å². The minimum atomic E-state index is -0.146. The Kier molecular flexibility index (Phi) is 5.58. The van der Waals surface area contributed by atoms with Crippen LogP contribution in [0.3, 0.4) is 0 Å². The van der Waals surface area contributed by atoms with Crippen LogP contribution in [0.25, 0.3) is 11.3 Å². The van der Waals surface area contributed by atoms with Crippen LogP contribution in [0.4, 0.5) is 5.69 Å². The van der Waals surface area contributed by atoms with Gasteiger partial charge in [-0.15, -0.1) is 11.3 Å². The Morgan fingerprint density at radius 3 is 2.77 bits per heavy atom. The molecule has 0 aliphatic rings. The molecule has 136 valence electrons. The summed E-state index contributed by atoms with van der Waals surface area (Å²) in [6, 6.07) is 9.18. The minimum Gasteiger partial charge on any atom is -0.497 e. The molecule has 3 aromatic rings. The van der Waals surface area contributed by atoms with Gasteiger partial charge in [0.1, 0.15) is 17.2 Å². The third kappa shape index (κ3) is 3.57. The van der Waals surface area contributed by atoms with Gasteiger partial charge in [-0.2, -0.15) is 5.10 Å². The van der Waals surface area contributed by atoms with Crippen LogP contribution < -0.4 is 14.8 Å². The number of methoxy groups -OCH3 is 2. The molecule has 0 atom stereocenters. The SMILES string of the molecule is CCCc1[nH]nc(-c2ccc(OC)cc2OC)c1NC(=O)c1cccs1. The van der Waals surface area contributed by atoms with Crippen molar-refractivity contribution in [2.75, 3.05) is 19.5 Å². The number of aryl methyl sites for hydroxylation is 1. The largest absolute Gasteiger partial charge is 0.497 e. The van der Waals surface area contributed by atoms with Crippen LogP contribution in [0.2, 0.25) is 0 Å². The highest BCUT2D eigenvalue weighted by Gasteiger charge is 2.21. The van der Waals surface area contributed by atoms with Crippen LogP contribution in [0.1, 0.15) is 28.7 Å². The van der Waals surface area contributed by atoms with Crippen molar-refractivity contribution < 1.29 is 14.3 Å². The maximum Gasteiger partial charge on any atom is 0.265 e. The maximum absolute atomic E-state index is 12.6. The number of nitrogens with one attached hydrogen (secondary N) is 2. The second kappa shape index (κ2) is 8.05. The number of carbonyl (C=O) groups excluding carboxylic acids is 1. The summed E-state index contributed by atoms with van der Waals surface area (Å²) in [5, 5.41) is 12.4. The van der Waals surface area contributed by atoms with E-state index in [4.69, 9.17) is 9.47 Å². The van der Waals surface area contributed by atoms with E-state index >= 15 is 0 Å². The van der Waals surface area contributed by atoms with Gasteiger partial charge in [0.25, 0.3) is 5.91 Å². The number of hydrogen-bond donors (Lipinski definition) is 2. The molecule has 0 saturated carbocycles. The van der Waals surface area contributed by atoms with Gasteiger partial charge in [-0.05, 0) is 30.0 Å². The number of ether oxygens (including phenoxy) is 2. The number of aromatic nitrogens is 2. The molecule has 7 heteroatoms. The fraction of sp³-hybridized carbons (Fsp3) is 0.263. The second-order valence-corrected chi connectivity index (χ2v) is 6.62. The van der Waals surface area contributed by atoms with E-state index in [0.29, 0.717) is 27.8 Å². The summed E-state index contributed by atoms with van der Waals surface area (Å²) in [5.74, 6) is 1.18. The Labute approximate surface area is 156 Å². The zero-order chi connectivity index (χ0) is 18.5. The molecule has 0 aliphatic carbocycles. The van der Waals surface area contributed by atoms with Gasteiger partial charge >= 0.3 is 0 Å². The molecule has 3 rings (SSSR count). The molecule has 2 heterocycles. The van der Waals surface area contributed by atoms with Crippen molar-refractivity contribution in [2.24, 2.45) is 0 Å². The summed E-state index contributed by atoms with van der Waals surface area (Å²) >= 11 is 1.40. The molecule has 0 spiro atoms. The molecule has 2 N–H and O–H groups in total. The number of thiophene rings is 1. The van der Waals surface area contributed by atoms with E-state index in [1.54, 1.807) is 26.4 Å². The van der Waals surface area contributed by atoms with Gasteiger partial charge in [-0.25, -0.2) is 0 Å².